The lowest BCUT2D eigenvalue weighted by Gasteiger charge is -2.46. The van der Waals surface area contributed by atoms with E-state index in [0.29, 0.717) is 12.8 Å². The Hall–Kier alpha value is -1.01. The monoisotopic (exact) mass is 878 g/mol. The van der Waals surface area contributed by atoms with E-state index in [0.717, 1.165) is 57.8 Å². The third-order valence-electron chi connectivity index (χ3n) is 12.6. The number of hydrogen-bond donors (Lipinski definition) is 9. The van der Waals surface area contributed by atoms with Gasteiger partial charge in [-0.3, -0.25) is 4.79 Å². The summed E-state index contributed by atoms with van der Waals surface area (Å²) in [6, 6.07) is -0.818. The maximum Gasteiger partial charge on any atom is 0.220 e. The first kappa shape index (κ1) is 56.1. The molecule has 1 amide bonds. The highest BCUT2D eigenvalue weighted by molar-refractivity contribution is 5.76. The van der Waals surface area contributed by atoms with E-state index in [1.807, 2.05) is 0 Å². The lowest BCUT2D eigenvalue weighted by Crippen LogP contribution is -2.65. The summed E-state index contributed by atoms with van der Waals surface area (Å²) in [4.78, 5) is 13.0. The Morgan fingerprint density at radius 1 is 0.525 bits per heavy atom. The van der Waals surface area contributed by atoms with Crippen molar-refractivity contribution in [2.75, 3.05) is 19.8 Å². The van der Waals surface area contributed by atoms with Crippen LogP contribution in [0.15, 0.2) is 0 Å². The topological polar surface area (TPSA) is 228 Å². The van der Waals surface area contributed by atoms with Crippen molar-refractivity contribution in [3.05, 3.63) is 0 Å². The minimum absolute atomic E-state index is 0.215. The number of unbranched alkanes of at least 4 members (excludes halogenated alkanes) is 25. The molecule has 2 aliphatic rings. The highest BCUT2D eigenvalue weighted by atomic mass is 16.7. The largest absolute Gasteiger partial charge is 0.394 e. The molecule has 2 aliphatic heterocycles. The molecule has 9 N–H and O–H groups in total. The van der Waals surface area contributed by atoms with Crippen molar-refractivity contribution in [1.82, 2.24) is 5.32 Å². The molecule has 2 saturated heterocycles. The van der Waals surface area contributed by atoms with E-state index >= 15 is 0 Å². The summed E-state index contributed by atoms with van der Waals surface area (Å²) in [5, 5.41) is 86.5. The molecular weight excluding hydrogens is 787 g/mol. The van der Waals surface area contributed by atoms with Gasteiger partial charge in [-0.2, -0.15) is 0 Å². The predicted octanol–water partition coefficient (Wildman–Crippen LogP) is 5.83. The molecule has 0 aliphatic carbocycles. The van der Waals surface area contributed by atoms with Gasteiger partial charge in [0.2, 0.25) is 5.91 Å². The zero-order valence-corrected chi connectivity index (χ0v) is 38.2. The minimum atomic E-state index is -1.78. The molecule has 0 aromatic carbocycles. The van der Waals surface area contributed by atoms with Gasteiger partial charge in [0, 0.05) is 6.42 Å². The molecule has 14 heteroatoms. The van der Waals surface area contributed by atoms with Gasteiger partial charge in [0.05, 0.1) is 32.0 Å². The first-order valence-electron chi connectivity index (χ1n) is 24.8. The van der Waals surface area contributed by atoms with Crippen LogP contribution < -0.4 is 5.32 Å². The van der Waals surface area contributed by atoms with Crippen molar-refractivity contribution in [1.29, 1.82) is 0 Å². The Morgan fingerprint density at radius 3 is 1.39 bits per heavy atom. The molecule has 2 heterocycles. The Bertz CT molecular complexity index is 1040. The van der Waals surface area contributed by atoms with Gasteiger partial charge in [0.15, 0.2) is 12.6 Å². The fraction of sp³-hybridized carbons (Fsp3) is 0.979. The molecule has 12 atom stereocenters. The van der Waals surface area contributed by atoms with Crippen molar-refractivity contribution in [3.63, 3.8) is 0 Å². The number of carbonyl (C=O) groups is 1. The van der Waals surface area contributed by atoms with Crippen molar-refractivity contribution in [2.24, 2.45) is 0 Å². The molecule has 12 unspecified atom stereocenters. The number of hydrogen-bond acceptors (Lipinski definition) is 13. The van der Waals surface area contributed by atoms with E-state index in [4.69, 9.17) is 18.9 Å². The molecule has 0 bridgehead atoms. The Balaban J connectivity index is 1.74. The SMILES string of the molecule is CCCCCCCCCCCCCCCCCCCCCCCC(O)C(COC1OC(CO)C(OC2OC(CO)C(O)C(O)C2O)C(O)C1O)NC(=O)CCCCCCCC. The molecule has 2 rings (SSSR count). The molecule has 362 valence electrons. The van der Waals surface area contributed by atoms with E-state index in [9.17, 15) is 45.6 Å². The van der Waals surface area contributed by atoms with Gasteiger partial charge in [-0.05, 0) is 12.8 Å². The van der Waals surface area contributed by atoms with Crippen LogP contribution in [0.3, 0.4) is 0 Å². The first-order valence-corrected chi connectivity index (χ1v) is 24.8. The molecule has 14 nitrogen and oxygen atoms in total. The van der Waals surface area contributed by atoms with E-state index in [1.54, 1.807) is 0 Å². The van der Waals surface area contributed by atoms with Crippen molar-refractivity contribution in [2.45, 2.75) is 274 Å². The standard InChI is InChI=1S/C47H91NO13/c1-3-5-7-9-11-12-13-14-15-16-17-18-19-20-21-22-23-24-25-26-28-30-36(51)35(48-39(52)31-29-27-10-8-6-4-2)34-58-46-44(57)42(55)45(38(33-50)60-46)61-47-43(56)41(54)40(53)37(32-49)59-47/h35-38,40-47,49-51,53-57H,3-34H2,1-2H3,(H,48,52). The summed E-state index contributed by atoms with van der Waals surface area (Å²) >= 11 is 0. The number of carbonyl (C=O) groups excluding carboxylic acids is 1. The number of aliphatic hydroxyl groups is 8. The molecule has 0 spiro atoms. The summed E-state index contributed by atoms with van der Waals surface area (Å²) in [7, 11) is 0. The Kier molecular flexibility index (Phi) is 32.5. The molecule has 61 heavy (non-hydrogen) atoms. The van der Waals surface area contributed by atoms with Gasteiger partial charge < -0.3 is 65.1 Å². The van der Waals surface area contributed by atoms with Crippen molar-refractivity contribution < 1.29 is 64.6 Å². The number of amides is 1. The lowest BCUT2D eigenvalue weighted by atomic mass is 9.97. The van der Waals surface area contributed by atoms with E-state index in [2.05, 4.69) is 19.2 Å². The molecule has 2 fully saturated rings. The summed E-state index contributed by atoms with van der Waals surface area (Å²) in [5.74, 6) is -0.215. The normalized spacial score (nSPS) is 27.9. The summed E-state index contributed by atoms with van der Waals surface area (Å²) in [6.45, 7) is 2.79. The van der Waals surface area contributed by atoms with Gasteiger partial charge in [-0.15, -0.1) is 0 Å². The third kappa shape index (κ3) is 23.1. The molecule has 0 aromatic heterocycles. The van der Waals surface area contributed by atoms with Crippen LogP contribution in [0.1, 0.15) is 200 Å². The quantitative estimate of drug-likeness (QED) is 0.0334. The van der Waals surface area contributed by atoms with Gasteiger partial charge in [0.25, 0.3) is 0 Å². The average molecular weight is 878 g/mol. The van der Waals surface area contributed by atoms with Crippen LogP contribution in [0.5, 0.6) is 0 Å². The van der Waals surface area contributed by atoms with Crippen LogP contribution in [0.25, 0.3) is 0 Å². The van der Waals surface area contributed by atoms with Crippen LogP contribution in [0.2, 0.25) is 0 Å². The Labute approximate surface area is 368 Å². The highest BCUT2D eigenvalue weighted by Crippen LogP contribution is 2.30. The van der Waals surface area contributed by atoms with Gasteiger partial charge in [-0.25, -0.2) is 0 Å². The van der Waals surface area contributed by atoms with E-state index in [1.165, 1.54) is 116 Å². The van der Waals surface area contributed by atoms with Gasteiger partial charge in [-0.1, -0.05) is 181 Å². The highest BCUT2D eigenvalue weighted by Gasteiger charge is 2.51. The average Bonchev–Trinajstić information content (AvgIpc) is 3.26. The van der Waals surface area contributed by atoms with E-state index < -0.39 is 86.8 Å². The second-order valence-corrected chi connectivity index (χ2v) is 18.0. The molecule has 0 saturated carbocycles. The molecular formula is C47H91NO13. The van der Waals surface area contributed by atoms with Gasteiger partial charge in [0.1, 0.15) is 48.8 Å². The Morgan fingerprint density at radius 2 is 0.934 bits per heavy atom. The number of nitrogens with one attached hydrogen (secondary N) is 1. The maximum atomic E-state index is 13.0. The minimum Gasteiger partial charge on any atom is -0.394 e. The molecule has 0 radical (unpaired) electrons. The smallest absolute Gasteiger partial charge is 0.220 e. The summed E-state index contributed by atoms with van der Waals surface area (Å²) < 4.78 is 22.7. The second-order valence-electron chi connectivity index (χ2n) is 18.0. The fourth-order valence-corrected chi connectivity index (χ4v) is 8.47. The zero-order valence-electron chi connectivity index (χ0n) is 38.2. The fourth-order valence-electron chi connectivity index (χ4n) is 8.47. The van der Waals surface area contributed by atoms with Crippen LogP contribution in [-0.4, -0.2) is 140 Å². The molecule has 0 aromatic rings. The number of rotatable bonds is 38. The predicted molar refractivity (Wildman–Crippen MR) is 236 cm³/mol. The summed E-state index contributed by atoms with van der Waals surface area (Å²) in [5.41, 5.74) is 0. The van der Waals surface area contributed by atoms with Crippen LogP contribution in [0.4, 0.5) is 0 Å². The summed E-state index contributed by atoms with van der Waals surface area (Å²) in [6.07, 6.45) is 17.3. The number of aliphatic hydroxyl groups excluding tert-OH is 8. The van der Waals surface area contributed by atoms with Crippen LogP contribution in [0, 0.1) is 0 Å². The van der Waals surface area contributed by atoms with E-state index in [-0.39, 0.29) is 12.5 Å². The van der Waals surface area contributed by atoms with Crippen LogP contribution >= 0.6 is 0 Å². The second kappa shape index (κ2) is 35.3. The lowest BCUT2D eigenvalue weighted by molar-refractivity contribution is -0.359. The first-order chi connectivity index (χ1) is 29.6. The van der Waals surface area contributed by atoms with Crippen molar-refractivity contribution >= 4 is 5.91 Å². The third-order valence-corrected chi connectivity index (χ3v) is 12.6. The number of ether oxygens (including phenoxy) is 4. The zero-order chi connectivity index (χ0) is 44.7. The van der Waals surface area contributed by atoms with Crippen LogP contribution in [-0.2, 0) is 23.7 Å². The van der Waals surface area contributed by atoms with Gasteiger partial charge >= 0.3 is 0 Å². The van der Waals surface area contributed by atoms with Crippen molar-refractivity contribution in [3.8, 4) is 0 Å². The maximum absolute atomic E-state index is 13.0.